The molecular formula is C19H26F3IN6OS. The van der Waals surface area contributed by atoms with E-state index in [2.05, 4.69) is 25.9 Å². The smallest absolute Gasteiger partial charge is 0.352 e. The lowest BCUT2D eigenvalue weighted by Gasteiger charge is -2.12. The fraction of sp³-hybridized carbons (Fsp3) is 0.421. The highest BCUT2D eigenvalue weighted by Crippen LogP contribution is 2.29. The molecule has 0 radical (unpaired) electrons. The molecule has 12 heteroatoms. The van der Waals surface area contributed by atoms with Crippen molar-refractivity contribution in [3.8, 4) is 0 Å². The van der Waals surface area contributed by atoms with E-state index >= 15 is 0 Å². The monoisotopic (exact) mass is 570 g/mol. The highest BCUT2D eigenvalue weighted by Gasteiger charge is 2.33. The number of hydrogen-bond donors (Lipinski definition) is 3. The van der Waals surface area contributed by atoms with E-state index < -0.39 is 11.9 Å². The van der Waals surface area contributed by atoms with Gasteiger partial charge in [0.05, 0.1) is 6.54 Å². The molecule has 1 amide bonds. The summed E-state index contributed by atoms with van der Waals surface area (Å²) in [5.41, 5.74) is 0.526. The first-order valence-electron chi connectivity index (χ1n) is 9.17. The van der Waals surface area contributed by atoms with Crippen LogP contribution in [0.2, 0.25) is 0 Å². The summed E-state index contributed by atoms with van der Waals surface area (Å²) in [5.74, 6) is 0.269. The number of likely N-dealkylation sites (N-methyl/N-ethyl adjacent to an activating group) is 1. The molecule has 0 bridgehead atoms. The van der Waals surface area contributed by atoms with Crippen LogP contribution in [0.15, 0.2) is 34.6 Å². The molecule has 0 aliphatic heterocycles. The number of aliphatic imine (C=N–C) groups is 1. The maximum absolute atomic E-state index is 12.6. The van der Waals surface area contributed by atoms with Crippen LogP contribution in [0.3, 0.4) is 0 Å². The van der Waals surface area contributed by atoms with E-state index in [1.807, 2.05) is 25.1 Å². The molecule has 1 aromatic carbocycles. The number of guanidine groups is 1. The van der Waals surface area contributed by atoms with Crippen molar-refractivity contribution in [1.82, 2.24) is 25.8 Å². The van der Waals surface area contributed by atoms with Crippen LogP contribution in [0.25, 0.3) is 0 Å². The van der Waals surface area contributed by atoms with Gasteiger partial charge in [-0.05, 0) is 31.8 Å². The Morgan fingerprint density at radius 3 is 2.52 bits per heavy atom. The number of nitrogens with one attached hydrogen (secondary N) is 3. The van der Waals surface area contributed by atoms with Gasteiger partial charge in [0, 0.05) is 37.6 Å². The van der Waals surface area contributed by atoms with Crippen molar-refractivity contribution in [2.75, 3.05) is 34.2 Å². The van der Waals surface area contributed by atoms with Crippen LogP contribution in [0.4, 0.5) is 13.2 Å². The van der Waals surface area contributed by atoms with E-state index in [1.54, 1.807) is 25.2 Å². The Bertz CT molecular complexity index is 872. The lowest BCUT2D eigenvalue weighted by atomic mass is 10.1. The predicted octanol–water partition coefficient (Wildman–Crippen LogP) is 2.94. The second kappa shape index (κ2) is 12.8. The number of hydrogen-bond acceptors (Lipinski definition) is 5. The SMILES string of the molecule is CN=C(NCc1cccc(C(=O)NCCN(C)C)c1)NCc1nc(C(F)(F)F)cs1.I. The average molecular weight is 570 g/mol. The number of carbonyl (C=O) groups excluding carboxylic acids is 1. The Labute approximate surface area is 200 Å². The third-order valence-corrected chi connectivity index (χ3v) is 4.82. The van der Waals surface area contributed by atoms with Gasteiger partial charge in [0.25, 0.3) is 5.91 Å². The third-order valence-electron chi connectivity index (χ3n) is 3.97. The third kappa shape index (κ3) is 9.39. The van der Waals surface area contributed by atoms with Crippen molar-refractivity contribution in [2.45, 2.75) is 19.3 Å². The minimum absolute atomic E-state index is 0. The first-order valence-corrected chi connectivity index (χ1v) is 10.0. The molecule has 0 atom stereocenters. The average Bonchev–Trinajstić information content (AvgIpc) is 3.17. The van der Waals surface area contributed by atoms with Crippen LogP contribution in [0.1, 0.15) is 26.6 Å². The number of amides is 1. The van der Waals surface area contributed by atoms with Gasteiger partial charge in [0.15, 0.2) is 11.7 Å². The molecule has 0 spiro atoms. The fourth-order valence-corrected chi connectivity index (χ4v) is 3.15. The Morgan fingerprint density at radius 1 is 1.19 bits per heavy atom. The van der Waals surface area contributed by atoms with Crippen LogP contribution in [-0.4, -0.2) is 56.0 Å². The Morgan fingerprint density at radius 2 is 1.90 bits per heavy atom. The van der Waals surface area contributed by atoms with Crippen LogP contribution in [-0.2, 0) is 19.3 Å². The summed E-state index contributed by atoms with van der Waals surface area (Å²) in [6.07, 6.45) is -4.45. The molecule has 0 aliphatic carbocycles. The number of aromatic nitrogens is 1. The molecule has 2 aromatic rings. The quantitative estimate of drug-likeness (QED) is 0.259. The zero-order chi connectivity index (χ0) is 22.1. The molecule has 0 aliphatic rings. The van der Waals surface area contributed by atoms with Gasteiger partial charge in [-0.15, -0.1) is 35.3 Å². The van der Waals surface area contributed by atoms with E-state index in [1.165, 1.54) is 0 Å². The minimum atomic E-state index is -4.45. The zero-order valence-corrected chi connectivity index (χ0v) is 20.6. The molecule has 0 fully saturated rings. The highest BCUT2D eigenvalue weighted by atomic mass is 127. The number of alkyl halides is 3. The van der Waals surface area contributed by atoms with Crippen LogP contribution < -0.4 is 16.0 Å². The van der Waals surface area contributed by atoms with Crippen molar-refractivity contribution in [2.24, 2.45) is 4.99 Å². The van der Waals surface area contributed by atoms with E-state index in [0.29, 0.717) is 29.6 Å². The molecule has 31 heavy (non-hydrogen) atoms. The molecule has 7 nitrogen and oxygen atoms in total. The van der Waals surface area contributed by atoms with E-state index in [0.717, 1.165) is 28.8 Å². The number of rotatable bonds is 8. The topological polar surface area (TPSA) is 81.7 Å². The minimum Gasteiger partial charge on any atom is -0.352 e. The van der Waals surface area contributed by atoms with Gasteiger partial charge < -0.3 is 20.9 Å². The van der Waals surface area contributed by atoms with Gasteiger partial charge in [0.2, 0.25) is 0 Å². The lowest BCUT2D eigenvalue weighted by Crippen LogP contribution is -2.36. The Kier molecular flexibility index (Phi) is 11.2. The standard InChI is InChI=1S/C19H25F3N6OS.HI/c1-23-18(26-11-16-27-15(12-30-16)19(20,21)22)25-10-13-5-4-6-14(9-13)17(29)24-7-8-28(2)3;/h4-6,9,12H,7-8,10-11H2,1-3H3,(H,24,29)(H2,23,25,26);1H. The molecule has 1 heterocycles. The molecule has 1 aromatic heterocycles. The van der Waals surface area contributed by atoms with Gasteiger partial charge in [-0.1, -0.05) is 12.1 Å². The van der Waals surface area contributed by atoms with E-state index in [4.69, 9.17) is 0 Å². The fourth-order valence-electron chi connectivity index (χ4n) is 2.41. The lowest BCUT2D eigenvalue weighted by molar-refractivity contribution is -0.140. The normalized spacial score (nSPS) is 11.8. The molecule has 3 N–H and O–H groups in total. The van der Waals surface area contributed by atoms with Gasteiger partial charge in [-0.3, -0.25) is 9.79 Å². The van der Waals surface area contributed by atoms with Crippen LogP contribution in [0, 0.1) is 0 Å². The molecular weight excluding hydrogens is 544 g/mol. The molecule has 2 rings (SSSR count). The summed E-state index contributed by atoms with van der Waals surface area (Å²) in [6, 6.07) is 7.18. The first kappa shape index (κ1) is 27.1. The van der Waals surface area contributed by atoms with Crippen molar-refractivity contribution in [3.05, 3.63) is 51.5 Å². The number of carbonyl (C=O) groups is 1. The van der Waals surface area contributed by atoms with Gasteiger partial charge in [-0.25, -0.2) is 4.98 Å². The number of nitrogens with zero attached hydrogens (tertiary/aromatic N) is 3. The summed E-state index contributed by atoms with van der Waals surface area (Å²) in [6.45, 7) is 1.81. The molecule has 0 unspecified atom stereocenters. The Balaban J connectivity index is 0.00000480. The summed E-state index contributed by atoms with van der Waals surface area (Å²) in [5, 5.41) is 10.2. The second-order valence-electron chi connectivity index (χ2n) is 6.66. The van der Waals surface area contributed by atoms with E-state index in [9.17, 15) is 18.0 Å². The van der Waals surface area contributed by atoms with Crippen molar-refractivity contribution < 1.29 is 18.0 Å². The zero-order valence-electron chi connectivity index (χ0n) is 17.4. The molecule has 0 saturated heterocycles. The van der Waals surface area contributed by atoms with Crippen LogP contribution in [0.5, 0.6) is 0 Å². The van der Waals surface area contributed by atoms with Gasteiger partial charge in [0.1, 0.15) is 5.01 Å². The van der Waals surface area contributed by atoms with Crippen molar-refractivity contribution in [1.29, 1.82) is 0 Å². The summed E-state index contributed by atoms with van der Waals surface area (Å²) in [4.78, 5) is 21.8. The van der Waals surface area contributed by atoms with Crippen molar-refractivity contribution >= 4 is 47.2 Å². The largest absolute Gasteiger partial charge is 0.434 e. The molecule has 0 saturated carbocycles. The van der Waals surface area contributed by atoms with Gasteiger partial charge >= 0.3 is 6.18 Å². The Hall–Kier alpha value is -1.93. The molecule has 172 valence electrons. The highest BCUT2D eigenvalue weighted by molar-refractivity contribution is 14.0. The number of benzene rings is 1. The predicted molar refractivity (Wildman–Crippen MR) is 127 cm³/mol. The maximum Gasteiger partial charge on any atom is 0.434 e. The maximum atomic E-state index is 12.6. The van der Waals surface area contributed by atoms with Crippen molar-refractivity contribution in [3.63, 3.8) is 0 Å². The summed E-state index contributed by atoms with van der Waals surface area (Å²) < 4.78 is 37.9. The summed E-state index contributed by atoms with van der Waals surface area (Å²) in [7, 11) is 5.43. The van der Waals surface area contributed by atoms with E-state index in [-0.39, 0.29) is 36.4 Å². The first-order chi connectivity index (χ1) is 14.2. The number of thiazole rings is 1. The van der Waals surface area contributed by atoms with Crippen LogP contribution >= 0.6 is 35.3 Å². The number of halogens is 4. The second-order valence-corrected chi connectivity index (χ2v) is 7.61. The van der Waals surface area contributed by atoms with Gasteiger partial charge in [-0.2, -0.15) is 13.2 Å². The summed E-state index contributed by atoms with van der Waals surface area (Å²) >= 11 is 0.933.